The number of likely N-dealkylation sites (N-methyl/N-ethyl adjacent to an activating group) is 1. The molecule has 0 aliphatic heterocycles. The van der Waals surface area contributed by atoms with Gasteiger partial charge in [0.15, 0.2) is 0 Å². The van der Waals surface area contributed by atoms with Crippen LogP contribution in [0.25, 0.3) is 0 Å². The number of nitrogens with one attached hydrogen (secondary N) is 1. The minimum Gasteiger partial charge on any atom is -0.496 e. The number of nitrogens with two attached hydrogens (primary N) is 1. The summed E-state index contributed by atoms with van der Waals surface area (Å²) in [5.41, 5.74) is 3.74. The summed E-state index contributed by atoms with van der Waals surface area (Å²) in [6, 6.07) is 5.65. The number of hydrogen-bond acceptors (Lipinski definition) is 5. The third-order valence-electron chi connectivity index (χ3n) is 2.56. The molecule has 0 aliphatic carbocycles. The van der Waals surface area contributed by atoms with Gasteiger partial charge in [-0.1, -0.05) is 6.07 Å². The Balaban J connectivity index is 3.14. The van der Waals surface area contributed by atoms with Crippen molar-refractivity contribution >= 4 is 0 Å². The summed E-state index contributed by atoms with van der Waals surface area (Å²) in [5.74, 6) is 7.16. The summed E-state index contributed by atoms with van der Waals surface area (Å²) in [5, 5.41) is 0. The molecule has 0 saturated heterocycles. The highest BCUT2D eigenvalue weighted by molar-refractivity contribution is 5.47. The second kappa shape index (κ2) is 6.44. The average molecular weight is 239 g/mol. The Hall–Kier alpha value is -1.30. The maximum Gasteiger partial charge on any atom is 0.127 e. The molecule has 0 amide bonds. The van der Waals surface area contributed by atoms with Crippen molar-refractivity contribution < 1.29 is 9.47 Å². The molecule has 0 bridgehead atoms. The Bertz CT molecular complexity index is 333. The van der Waals surface area contributed by atoms with E-state index in [4.69, 9.17) is 15.3 Å². The van der Waals surface area contributed by atoms with Crippen LogP contribution in [0.15, 0.2) is 18.2 Å². The zero-order valence-corrected chi connectivity index (χ0v) is 10.9. The first-order valence-electron chi connectivity index (χ1n) is 5.45. The first-order valence-corrected chi connectivity index (χ1v) is 5.45. The van der Waals surface area contributed by atoms with Crippen LogP contribution in [-0.2, 0) is 0 Å². The first-order chi connectivity index (χ1) is 8.13. The minimum atomic E-state index is -0.0453. The summed E-state index contributed by atoms with van der Waals surface area (Å²) in [4.78, 5) is 2.05. The molecule has 1 atom stereocenters. The third-order valence-corrected chi connectivity index (χ3v) is 2.56. The predicted octanol–water partition coefficient (Wildman–Crippen LogP) is 0.770. The predicted molar refractivity (Wildman–Crippen MR) is 68.2 cm³/mol. The molecule has 0 radical (unpaired) electrons. The van der Waals surface area contributed by atoms with Crippen molar-refractivity contribution in [2.75, 3.05) is 34.9 Å². The maximum atomic E-state index is 5.61. The molecule has 0 heterocycles. The van der Waals surface area contributed by atoms with Crippen LogP contribution in [0.3, 0.4) is 0 Å². The highest BCUT2D eigenvalue weighted by Crippen LogP contribution is 2.33. The molecule has 0 aliphatic rings. The summed E-state index contributed by atoms with van der Waals surface area (Å²) in [7, 11) is 7.27. The smallest absolute Gasteiger partial charge is 0.127 e. The van der Waals surface area contributed by atoms with Gasteiger partial charge in [0.2, 0.25) is 0 Å². The normalized spacial score (nSPS) is 12.6. The van der Waals surface area contributed by atoms with Gasteiger partial charge in [-0.2, -0.15) is 0 Å². The lowest BCUT2D eigenvalue weighted by Crippen LogP contribution is -2.35. The molecule has 0 saturated carbocycles. The average Bonchev–Trinajstić information content (AvgIpc) is 2.34. The Morgan fingerprint density at radius 3 is 2.12 bits per heavy atom. The minimum absolute atomic E-state index is 0.0453. The molecule has 96 valence electrons. The summed E-state index contributed by atoms with van der Waals surface area (Å²) in [6.07, 6.45) is 0. The quantitative estimate of drug-likeness (QED) is 0.567. The Morgan fingerprint density at radius 1 is 1.24 bits per heavy atom. The number of ether oxygens (including phenoxy) is 2. The van der Waals surface area contributed by atoms with E-state index in [0.717, 1.165) is 23.6 Å². The van der Waals surface area contributed by atoms with Crippen LogP contribution in [0.4, 0.5) is 0 Å². The fourth-order valence-electron chi connectivity index (χ4n) is 1.82. The van der Waals surface area contributed by atoms with E-state index in [2.05, 4.69) is 10.3 Å². The molecule has 1 aromatic carbocycles. The van der Waals surface area contributed by atoms with E-state index >= 15 is 0 Å². The van der Waals surface area contributed by atoms with Crippen molar-refractivity contribution in [1.82, 2.24) is 10.3 Å². The number of nitrogens with zero attached hydrogens (tertiary/aromatic N) is 1. The van der Waals surface area contributed by atoms with Crippen molar-refractivity contribution in [1.29, 1.82) is 0 Å². The van der Waals surface area contributed by atoms with E-state index < -0.39 is 0 Å². The van der Waals surface area contributed by atoms with Gasteiger partial charge in [0.1, 0.15) is 11.5 Å². The summed E-state index contributed by atoms with van der Waals surface area (Å²) >= 11 is 0. The van der Waals surface area contributed by atoms with Gasteiger partial charge in [0.05, 0.1) is 25.8 Å². The molecule has 1 aromatic rings. The molecule has 0 spiro atoms. The molecule has 1 unspecified atom stereocenters. The number of rotatable bonds is 6. The van der Waals surface area contributed by atoms with Gasteiger partial charge in [-0.3, -0.25) is 11.3 Å². The van der Waals surface area contributed by atoms with Crippen molar-refractivity contribution in [2.24, 2.45) is 5.84 Å². The Kier molecular flexibility index (Phi) is 5.21. The van der Waals surface area contributed by atoms with E-state index in [1.54, 1.807) is 14.2 Å². The third kappa shape index (κ3) is 3.33. The molecule has 5 heteroatoms. The van der Waals surface area contributed by atoms with Gasteiger partial charge in [-0.15, -0.1) is 0 Å². The summed E-state index contributed by atoms with van der Waals surface area (Å²) < 4.78 is 10.7. The number of methoxy groups -OCH3 is 2. The van der Waals surface area contributed by atoms with E-state index in [1.165, 1.54) is 0 Å². The fourth-order valence-corrected chi connectivity index (χ4v) is 1.82. The Labute approximate surface area is 102 Å². The van der Waals surface area contributed by atoms with Crippen LogP contribution in [0, 0.1) is 0 Å². The standard InChI is InChI=1S/C12H21N3O2/c1-15(2)8-9(14-13)12-10(16-3)6-5-7-11(12)17-4/h5-7,9,14H,8,13H2,1-4H3. The largest absolute Gasteiger partial charge is 0.496 e. The molecule has 3 N–H and O–H groups in total. The van der Waals surface area contributed by atoms with Crippen LogP contribution in [-0.4, -0.2) is 39.8 Å². The molecular weight excluding hydrogens is 218 g/mol. The fraction of sp³-hybridized carbons (Fsp3) is 0.500. The van der Waals surface area contributed by atoms with Gasteiger partial charge >= 0.3 is 0 Å². The van der Waals surface area contributed by atoms with Crippen molar-refractivity contribution in [3.8, 4) is 11.5 Å². The van der Waals surface area contributed by atoms with E-state index in [0.29, 0.717) is 0 Å². The Morgan fingerprint density at radius 2 is 1.76 bits per heavy atom. The van der Waals surface area contributed by atoms with Crippen LogP contribution >= 0.6 is 0 Å². The first kappa shape index (κ1) is 13.8. The highest BCUT2D eigenvalue weighted by Gasteiger charge is 2.20. The van der Waals surface area contributed by atoms with E-state index in [9.17, 15) is 0 Å². The van der Waals surface area contributed by atoms with Gasteiger partial charge in [-0.25, -0.2) is 0 Å². The molecule has 0 aromatic heterocycles. The number of hydrazine groups is 1. The van der Waals surface area contributed by atoms with Crippen LogP contribution < -0.4 is 20.7 Å². The topological polar surface area (TPSA) is 59.8 Å². The molecule has 0 fully saturated rings. The van der Waals surface area contributed by atoms with E-state index in [1.807, 2.05) is 32.3 Å². The lowest BCUT2D eigenvalue weighted by atomic mass is 10.0. The van der Waals surface area contributed by atoms with Gasteiger partial charge in [0, 0.05) is 6.54 Å². The van der Waals surface area contributed by atoms with Crippen molar-refractivity contribution in [3.63, 3.8) is 0 Å². The molecular formula is C12H21N3O2. The highest BCUT2D eigenvalue weighted by atomic mass is 16.5. The second-order valence-electron chi connectivity index (χ2n) is 4.06. The van der Waals surface area contributed by atoms with Gasteiger partial charge in [0.25, 0.3) is 0 Å². The zero-order chi connectivity index (χ0) is 12.8. The maximum absolute atomic E-state index is 5.61. The van der Waals surface area contributed by atoms with Crippen molar-refractivity contribution in [3.05, 3.63) is 23.8 Å². The molecule has 1 rings (SSSR count). The zero-order valence-electron chi connectivity index (χ0n) is 10.9. The monoisotopic (exact) mass is 239 g/mol. The summed E-state index contributed by atoms with van der Waals surface area (Å²) in [6.45, 7) is 0.757. The lowest BCUT2D eigenvalue weighted by Gasteiger charge is -2.24. The number of hydrogen-bond donors (Lipinski definition) is 2. The van der Waals surface area contributed by atoms with Crippen LogP contribution in [0.1, 0.15) is 11.6 Å². The van der Waals surface area contributed by atoms with Gasteiger partial charge < -0.3 is 14.4 Å². The van der Waals surface area contributed by atoms with Crippen LogP contribution in [0.2, 0.25) is 0 Å². The lowest BCUT2D eigenvalue weighted by molar-refractivity contribution is 0.320. The SMILES string of the molecule is COc1cccc(OC)c1C(CN(C)C)NN. The molecule has 5 nitrogen and oxygen atoms in total. The molecule has 17 heavy (non-hydrogen) atoms. The van der Waals surface area contributed by atoms with Gasteiger partial charge in [-0.05, 0) is 26.2 Å². The van der Waals surface area contributed by atoms with Crippen molar-refractivity contribution in [2.45, 2.75) is 6.04 Å². The van der Waals surface area contributed by atoms with Crippen LogP contribution in [0.5, 0.6) is 11.5 Å². The second-order valence-corrected chi connectivity index (χ2v) is 4.06. The van der Waals surface area contributed by atoms with E-state index in [-0.39, 0.29) is 6.04 Å². The number of benzene rings is 1.